The summed E-state index contributed by atoms with van der Waals surface area (Å²) in [5, 5.41) is 6.54. The van der Waals surface area contributed by atoms with Crippen molar-refractivity contribution in [1.82, 2.24) is 15.5 Å². The maximum absolute atomic E-state index is 12.3. The summed E-state index contributed by atoms with van der Waals surface area (Å²) >= 11 is 0. The Labute approximate surface area is 172 Å². The molecule has 1 aromatic rings. The molecule has 1 heterocycles. The second-order valence-electron chi connectivity index (χ2n) is 6.15. The van der Waals surface area contributed by atoms with Crippen molar-refractivity contribution in [3.63, 3.8) is 0 Å². The minimum Gasteiger partial charge on any atom is -0.356 e. The molecule has 0 unspecified atom stereocenters. The summed E-state index contributed by atoms with van der Waals surface area (Å²) in [6, 6.07) is 7.00. The van der Waals surface area contributed by atoms with Crippen LogP contribution in [0.5, 0.6) is 0 Å². The molecule has 0 spiro atoms. The highest BCUT2D eigenvalue weighted by molar-refractivity contribution is 14.0. The SMILES string of the molecule is CCCCCNC(=NC)NCCCCN1C(=O)c2ccccc2C1=O.I. The zero-order valence-corrected chi connectivity index (χ0v) is 17.9. The Kier molecular flexibility index (Phi) is 10.2. The van der Waals surface area contributed by atoms with Gasteiger partial charge < -0.3 is 10.6 Å². The van der Waals surface area contributed by atoms with Gasteiger partial charge in [0.15, 0.2) is 5.96 Å². The van der Waals surface area contributed by atoms with Gasteiger partial charge in [-0.1, -0.05) is 31.9 Å². The predicted molar refractivity (Wildman–Crippen MR) is 115 cm³/mol. The quantitative estimate of drug-likeness (QED) is 0.191. The first-order chi connectivity index (χ1) is 12.2. The Hall–Kier alpha value is -1.64. The first kappa shape index (κ1) is 22.4. The number of nitrogens with one attached hydrogen (secondary N) is 2. The number of halogens is 1. The van der Waals surface area contributed by atoms with E-state index in [1.807, 2.05) is 0 Å². The van der Waals surface area contributed by atoms with Gasteiger partial charge in [-0.3, -0.25) is 19.5 Å². The van der Waals surface area contributed by atoms with Crippen LogP contribution < -0.4 is 10.6 Å². The molecule has 2 amide bonds. The average molecular weight is 472 g/mol. The van der Waals surface area contributed by atoms with Gasteiger partial charge in [0, 0.05) is 26.7 Å². The van der Waals surface area contributed by atoms with E-state index < -0.39 is 0 Å². The summed E-state index contributed by atoms with van der Waals surface area (Å²) < 4.78 is 0. The highest BCUT2D eigenvalue weighted by atomic mass is 127. The number of benzene rings is 1. The van der Waals surface area contributed by atoms with E-state index in [1.165, 1.54) is 17.7 Å². The van der Waals surface area contributed by atoms with Gasteiger partial charge in [0.25, 0.3) is 11.8 Å². The summed E-state index contributed by atoms with van der Waals surface area (Å²) in [7, 11) is 1.76. The predicted octanol–water partition coefficient (Wildman–Crippen LogP) is 3.04. The third kappa shape index (κ3) is 5.96. The summed E-state index contributed by atoms with van der Waals surface area (Å²) in [5.41, 5.74) is 1.03. The van der Waals surface area contributed by atoms with Gasteiger partial charge in [-0.2, -0.15) is 0 Å². The molecule has 6 nitrogen and oxygen atoms in total. The van der Waals surface area contributed by atoms with Crippen molar-refractivity contribution in [1.29, 1.82) is 0 Å². The van der Waals surface area contributed by atoms with Crippen LogP contribution in [-0.2, 0) is 0 Å². The van der Waals surface area contributed by atoms with Crippen LogP contribution in [0, 0.1) is 0 Å². The molecule has 0 atom stereocenters. The molecular weight excluding hydrogens is 443 g/mol. The van der Waals surface area contributed by atoms with E-state index in [2.05, 4.69) is 22.5 Å². The fourth-order valence-electron chi connectivity index (χ4n) is 2.85. The van der Waals surface area contributed by atoms with E-state index >= 15 is 0 Å². The smallest absolute Gasteiger partial charge is 0.261 e. The molecule has 1 aliphatic heterocycles. The Morgan fingerprint density at radius 3 is 2.00 bits per heavy atom. The number of unbranched alkanes of at least 4 members (excludes halogenated alkanes) is 3. The van der Waals surface area contributed by atoms with Crippen molar-refractivity contribution in [2.24, 2.45) is 4.99 Å². The minimum absolute atomic E-state index is 0. The number of imide groups is 1. The van der Waals surface area contributed by atoms with E-state index in [9.17, 15) is 9.59 Å². The molecular formula is C19H29IN4O2. The Balaban J connectivity index is 0.00000338. The number of aliphatic imine (C=N–C) groups is 1. The second-order valence-corrected chi connectivity index (χ2v) is 6.15. The maximum atomic E-state index is 12.3. The summed E-state index contributed by atoms with van der Waals surface area (Å²) in [6.07, 6.45) is 5.18. The van der Waals surface area contributed by atoms with Gasteiger partial charge in [-0.25, -0.2) is 0 Å². The molecule has 2 rings (SSSR count). The molecule has 144 valence electrons. The third-order valence-electron chi connectivity index (χ3n) is 4.28. The largest absolute Gasteiger partial charge is 0.356 e. The van der Waals surface area contributed by atoms with Crippen LogP contribution in [0.2, 0.25) is 0 Å². The highest BCUT2D eigenvalue weighted by Gasteiger charge is 2.34. The molecule has 2 N–H and O–H groups in total. The fourth-order valence-corrected chi connectivity index (χ4v) is 2.85. The molecule has 26 heavy (non-hydrogen) atoms. The van der Waals surface area contributed by atoms with Crippen LogP contribution in [0.4, 0.5) is 0 Å². The normalized spacial score (nSPS) is 13.5. The lowest BCUT2D eigenvalue weighted by Gasteiger charge is -2.14. The van der Waals surface area contributed by atoms with Crippen molar-refractivity contribution in [2.75, 3.05) is 26.7 Å². The number of hydrogen-bond donors (Lipinski definition) is 2. The number of carbonyl (C=O) groups excluding carboxylic acids is 2. The van der Waals surface area contributed by atoms with Crippen LogP contribution in [-0.4, -0.2) is 49.4 Å². The number of fused-ring (bicyclic) bond motifs is 1. The van der Waals surface area contributed by atoms with Crippen molar-refractivity contribution in [2.45, 2.75) is 39.0 Å². The molecule has 0 saturated heterocycles. The maximum Gasteiger partial charge on any atom is 0.261 e. The van der Waals surface area contributed by atoms with Crippen molar-refractivity contribution in [3.05, 3.63) is 35.4 Å². The molecule has 0 saturated carbocycles. The number of hydrogen-bond acceptors (Lipinski definition) is 3. The van der Waals surface area contributed by atoms with Gasteiger partial charge >= 0.3 is 0 Å². The molecule has 7 heteroatoms. The van der Waals surface area contributed by atoms with Gasteiger partial charge in [-0.15, -0.1) is 24.0 Å². The standard InChI is InChI=1S/C19H28N4O2.HI/c1-3-4-7-12-21-19(20-2)22-13-8-9-14-23-17(24)15-10-5-6-11-16(15)18(23)25;/h5-6,10-11H,3-4,7-9,12-14H2,1-2H3,(H2,20,21,22);1H. The molecule has 0 aromatic heterocycles. The number of guanidine groups is 1. The zero-order valence-electron chi connectivity index (χ0n) is 15.6. The minimum atomic E-state index is -0.179. The number of rotatable bonds is 9. The summed E-state index contributed by atoms with van der Waals surface area (Å²) in [6.45, 7) is 4.32. The molecule has 0 fully saturated rings. The fraction of sp³-hybridized carbons (Fsp3) is 0.526. The van der Waals surface area contributed by atoms with Crippen LogP contribution in [0.1, 0.15) is 59.7 Å². The molecule has 0 radical (unpaired) electrons. The molecule has 1 aliphatic rings. The van der Waals surface area contributed by atoms with Crippen LogP contribution in [0.25, 0.3) is 0 Å². The van der Waals surface area contributed by atoms with Crippen molar-refractivity contribution < 1.29 is 9.59 Å². The average Bonchev–Trinajstić information content (AvgIpc) is 2.88. The van der Waals surface area contributed by atoms with Gasteiger partial charge in [0.1, 0.15) is 0 Å². The van der Waals surface area contributed by atoms with Crippen LogP contribution in [0.3, 0.4) is 0 Å². The van der Waals surface area contributed by atoms with E-state index in [-0.39, 0.29) is 35.8 Å². The number of nitrogens with zero attached hydrogens (tertiary/aromatic N) is 2. The van der Waals surface area contributed by atoms with Crippen molar-refractivity contribution in [3.8, 4) is 0 Å². The molecule has 0 aliphatic carbocycles. The van der Waals surface area contributed by atoms with Crippen LogP contribution in [0.15, 0.2) is 29.3 Å². The molecule has 1 aromatic carbocycles. The number of amides is 2. The molecule has 0 bridgehead atoms. The third-order valence-corrected chi connectivity index (χ3v) is 4.28. The number of carbonyl (C=O) groups is 2. The first-order valence-electron chi connectivity index (χ1n) is 9.08. The monoisotopic (exact) mass is 472 g/mol. The van der Waals surface area contributed by atoms with E-state index in [4.69, 9.17) is 0 Å². The summed E-state index contributed by atoms with van der Waals surface area (Å²) in [5.74, 6) is 0.445. The van der Waals surface area contributed by atoms with Gasteiger partial charge in [0.2, 0.25) is 0 Å². The van der Waals surface area contributed by atoms with Gasteiger partial charge in [0.05, 0.1) is 11.1 Å². The highest BCUT2D eigenvalue weighted by Crippen LogP contribution is 2.22. The lowest BCUT2D eigenvalue weighted by molar-refractivity contribution is 0.0652. The second kappa shape index (κ2) is 11.9. The Bertz CT molecular complexity index is 599. The van der Waals surface area contributed by atoms with E-state index in [0.717, 1.165) is 38.3 Å². The van der Waals surface area contributed by atoms with Crippen molar-refractivity contribution >= 4 is 41.8 Å². The lowest BCUT2D eigenvalue weighted by atomic mass is 10.1. The van der Waals surface area contributed by atoms with Crippen LogP contribution >= 0.6 is 24.0 Å². The Morgan fingerprint density at radius 1 is 0.962 bits per heavy atom. The summed E-state index contributed by atoms with van der Waals surface area (Å²) in [4.78, 5) is 30.1. The Morgan fingerprint density at radius 2 is 1.50 bits per heavy atom. The van der Waals surface area contributed by atoms with E-state index in [0.29, 0.717) is 17.7 Å². The topological polar surface area (TPSA) is 73.8 Å². The zero-order chi connectivity index (χ0) is 18.1. The lowest BCUT2D eigenvalue weighted by Crippen LogP contribution is -2.38. The van der Waals surface area contributed by atoms with Gasteiger partial charge in [-0.05, 0) is 31.4 Å². The first-order valence-corrected chi connectivity index (χ1v) is 9.08. The van der Waals surface area contributed by atoms with E-state index in [1.54, 1.807) is 31.3 Å².